The molecule has 0 aromatic heterocycles. The van der Waals surface area contributed by atoms with Crippen LogP contribution in [0.5, 0.6) is 0 Å². The molecule has 0 unspecified atom stereocenters. The molecule has 0 spiro atoms. The predicted octanol–water partition coefficient (Wildman–Crippen LogP) is 5.24. The minimum atomic E-state index is -0.383. The minimum Gasteiger partial charge on any atom is -0.258 e. The van der Waals surface area contributed by atoms with Crippen molar-refractivity contribution in [3.05, 3.63) is 75.8 Å². The van der Waals surface area contributed by atoms with Crippen LogP contribution in [0, 0.1) is 10.1 Å². The van der Waals surface area contributed by atoms with Crippen LogP contribution < -0.4 is 0 Å². The number of non-ortho nitro benzene ring substituents is 1. The summed E-state index contributed by atoms with van der Waals surface area (Å²) in [5.41, 5.74) is 2.42. The van der Waals surface area contributed by atoms with E-state index in [0.29, 0.717) is 0 Å². The Labute approximate surface area is 121 Å². The van der Waals surface area contributed by atoms with E-state index in [1.54, 1.807) is 12.1 Å². The first-order chi connectivity index (χ1) is 9.75. The van der Waals surface area contributed by atoms with Crippen molar-refractivity contribution >= 4 is 5.69 Å². The molecule has 0 atom stereocenters. The predicted molar refractivity (Wildman–Crippen MR) is 85.0 cm³/mol. The van der Waals surface area contributed by atoms with E-state index in [2.05, 4.69) is 0 Å². The zero-order chi connectivity index (χ0) is 15.4. The summed E-state index contributed by atoms with van der Waals surface area (Å²) in [7, 11) is 0. The molecule has 0 aliphatic heterocycles. The molecule has 2 rings (SSSR count). The number of nitro groups is 1. The second kappa shape index (κ2) is 10.7. The number of hydrogen-bond acceptors (Lipinski definition) is 2. The number of nitrogens with zero attached hydrogens (tertiary/aromatic N) is 1. The molecule has 0 bridgehead atoms. The monoisotopic (exact) mass is 273 g/mol. The highest BCUT2D eigenvalue weighted by atomic mass is 16.6. The molecule has 0 saturated heterocycles. The lowest BCUT2D eigenvalue weighted by molar-refractivity contribution is -0.384. The van der Waals surface area contributed by atoms with Crippen LogP contribution in [0.2, 0.25) is 0 Å². The zero-order valence-corrected chi connectivity index (χ0v) is 12.7. The number of rotatable bonds is 3. The molecule has 0 aliphatic carbocycles. The molecule has 20 heavy (non-hydrogen) atoms. The lowest BCUT2D eigenvalue weighted by atomic mass is 10.1. The molecule has 0 radical (unpaired) electrons. The molecule has 2 aromatic carbocycles. The molecule has 3 nitrogen and oxygen atoms in total. The lowest BCUT2D eigenvalue weighted by Gasteiger charge is -2.00. The van der Waals surface area contributed by atoms with E-state index in [9.17, 15) is 10.1 Å². The maximum Gasteiger partial charge on any atom is 0.269 e. The molecule has 2 aromatic rings. The number of hydrogen-bond donors (Lipinski definition) is 0. The van der Waals surface area contributed by atoms with Crippen molar-refractivity contribution in [1.29, 1.82) is 0 Å². The van der Waals surface area contributed by atoms with Gasteiger partial charge in [0.05, 0.1) is 4.92 Å². The number of benzene rings is 2. The van der Waals surface area contributed by atoms with Crippen molar-refractivity contribution in [2.45, 2.75) is 34.1 Å². The Morgan fingerprint density at radius 3 is 1.70 bits per heavy atom. The Kier molecular flexibility index (Phi) is 9.57. The quantitative estimate of drug-likeness (QED) is 0.567. The first kappa shape index (κ1) is 17.8. The second-order valence-corrected chi connectivity index (χ2v) is 3.59. The molecular formula is C17H23NO2. The van der Waals surface area contributed by atoms with Crippen molar-refractivity contribution in [2.75, 3.05) is 0 Å². The Balaban J connectivity index is 0.000000829. The molecule has 0 fully saturated rings. The second-order valence-electron chi connectivity index (χ2n) is 3.59. The summed E-state index contributed by atoms with van der Waals surface area (Å²) in [5.74, 6) is 0. The van der Waals surface area contributed by atoms with Crippen molar-refractivity contribution in [2.24, 2.45) is 0 Å². The summed E-state index contributed by atoms with van der Waals surface area (Å²) < 4.78 is 0. The van der Waals surface area contributed by atoms with E-state index in [4.69, 9.17) is 0 Å². The maximum atomic E-state index is 10.5. The molecule has 0 amide bonds. The van der Waals surface area contributed by atoms with Gasteiger partial charge in [-0.15, -0.1) is 0 Å². The lowest BCUT2D eigenvalue weighted by Crippen LogP contribution is -1.90. The summed E-state index contributed by atoms with van der Waals surface area (Å²) >= 11 is 0. The Hall–Kier alpha value is -2.16. The van der Waals surface area contributed by atoms with Crippen LogP contribution in [0.3, 0.4) is 0 Å². The average Bonchev–Trinajstić information content (AvgIpc) is 2.53. The largest absolute Gasteiger partial charge is 0.269 e. The van der Waals surface area contributed by atoms with E-state index in [-0.39, 0.29) is 10.6 Å². The van der Waals surface area contributed by atoms with Crippen LogP contribution in [0.1, 0.15) is 38.8 Å². The SMILES string of the molecule is CC.CC.O=[N+]([O-])c1ccc(Cc2ccccc2)cc1. The van der Waals surface area contributed by atoms with E-state index < -0.39 is 0 Å². The molecule has 3 heteroatoms. The van der Waals surface area contributed by atoms with E-state index in [1.807, 2.05) is 58.0 Å². The summed E-state index contributed by atoms with van der Waals surface area (Å²) in [6.45, 7) is 8.00. The van der Waals surface area contributed by atoms with Crippen LogP contribution in [0.15, 0.2) is 54.6 Å². The van der Waals surface area contributed by atoms with Gasteiger partial charge in [-0.1, -0.05) is 70.2 Å². The Morgan fingerprint density at radius 2 is 1.25 bits per heavy atom. The first-order valence-corrected chi connectivity index (χ1v) is 7.03. The van der Waals surface area contributed by atoms with Crippen LogP contribution in [-0.4, -0.2) is 4.92 Å². The minimum absolute atomic E-state index is 0.136. The standard InChI is InChI=1S/C13H11NO2.2C2H6/c15-14(16)13-8-6-12(7-9-13)10-11-4-2-1-3-5-11;2*1-2/h1-9H,10H2;2*1-2H3. The van der Waals surface area contributed by atoms with Gasteiger partial charge in [0.25, 0.3) is 5.69 Å². The molecule has 0 heterocycles. The Bertz CT molecular complexity index is 478. The van der Waals surface area contributed by atoms with Gasteiger partial charge in [-0.3, -0.25) is 10.1 Å². The third-order valence-corrected chi connectivity index (χ3v) is 2.40. The summed E-state index contributed by atoms with van der Waals surface area (Å²) in [5, 5.41) is 10.5. The van der Waals surface area contributed by atoms with Gasteiger partial charge in [-0.25, -0.2) is 0 Å². The van der Waals surface area contributed by atoms with Crippen LogP contribution in [-0.2, 0) is 6.42 Å². The molecule has 0 saturated carbocycles. The van der Waals surface area contributed by atoms with Crippen molar-refractivity contribution in [3.8, 4) is 0 Å². The van der Waals surface area contributed by atoms with Gasteiger partial charge in [0, 0.05) is 12.1 Å². The van der Waals surface area contributed by atoms with Crippen LogP contribution >= 0.6 is 0 Å². The van der Waals surface area contributed by atoms with Gasteiger partial charge in [0.1, 0.15) is 0 Å². The van der Waals surface area contributed by atoms with Gasteiger partial charge in [0.15, 0.2) is 0 Å². The van der Waals surface area contributed by atoms with Gasteiger partial charge < -0.3 is 0 Å². The zero-order valence-electron chi connectivity index (χ0n) is 12.7. The van der Waals surface area contributed by atoms with E-state index in [1.165, 1.54) is 17.7 Å². The van der Waals surface area contributed by atoms with Crippen LogP contribution in [0.4, 0.5) is 5.69 Å². The molecule has 108 valence electrons. The fourth-order valence-electron chi connectivity index (χ4n) is 1.57. The number of nitro benzene ring substituents is 1. The van der Waals surface area contributed by atoms with Gasteiger partial charge in [0.2, 0.25) is 0 Å². The van der Waals surface area contributed by atoms with Crippen LogP contribution in [0.25, 0.3) is 0 Å². The topological polar surface area (TPSA) is 43.1 Å². The average molecular weight is 273 g/mol. The fraction of sp³-hybridized carbons (Fsp3) is 0.294. The fourth-order valence-corrected chi connectivity index (χ4v) is 1.57. The molecule has 0 aliphatic rings. The van der Waals surface area contributed by atoms with E-state index >= 15 is 0 Å². The normalized spacial score (nSPS) is 8.60. The highest BCUT2D eigenvalue weighted by Crippen LogP contribution is 2.14. The first-order valence-electron chi connectivity index (χ1n) is 7.03. The Morgan fingerprint density at radius 1 is 0.800 bits per heavy atom. The highest BCUT2D eigenvalue weighted by molar-refractivity contribution is 5.35. The molecule has 0 N–H and O–H groups in total. The molecular weight excluding hydrogens is 250 g/mol. The summed E-state index contributed by atoms with van der Waals surface area (Å²) in [4.78, 5) is 10.1. The van der Waals surface area contributed by atoms with Crippen molar-refractivity contribution in [3.63, 3.8) is 0 Å². The third-order valence-electron chi connectivity index (χ3n) is 2.40. The smallest absolute Gasteiger partial charge is 0.258 e. The van der Waals surface area contributed by atoms with Gasteiger partial charge >= 0.3 is 0 Å². The maximum absolute atomic E-state index is 10.5. The van der Waals surface area contributed by atoms with Gasteiger partial charge in [-0.05, 0) is 17.5 Å². The summed E-state index contributed by atoms with van der Waals surface area (Å²) in [6.07, 6.45) is 0.804. The highest BCUT2D eigenvalue weighted by Gasteiger charge is 2.03. The third kappa shape index (κ3) is 6.14. The van der Waals surface area contributed by atoms with Gasteiger partial charge in [-0.2, -0.15) is 0 Å². The summed E-state index contributed by atoms with van der Waals surface area (Å²) in [6, 6.07) is 16.7. The van der Waals surface area contributed by atoms with Crippen molar-refractivity contribution < 1.29 is 4.92 Å². The van der Waals surface area contributed by atoms with E-state index in [0.717, 1.165) is 12.0 Å². The van der Waals surface area contributed by atoms with Crippen molar-refractivity contribution in [1.82, 2.24) is 0 Å².